The molecule has 9 nitrogen and oxygen atoms in total. The van der Waals surface area contributed by atoms with Crippen LogP contribution in [0.3, 0.4) is 0 Å². The summed E-state index contributed by atoms with van der Waals surface area (Å²) in [7, 11) is 3.40. The van der Waals surface area contributed by atoms with E-state index in [1.807, 2.05) is 17.8 Å². The highest BCUT2D eigenvalue weighted by molar-refractivity contribution is 8.15. The third-order valence-electron chi connectivity index (χ3n) is 8.08. The second kappa shape index (κ2) is 16.5. The molecule has 0 bridgehead atoms. The Morgan fingerprint density at radius 3 is 2.60 bits per heavy atom. The standard InChI is InChI=1S/C26H39N3O2S3.C5H9NO3/c1-6-7-8-10-17-11-9-12-20(30)21(17)23-28-18(14-32-23)24-29(5)19(15-33-24)22(31)26(3,4)25-27-16(2)13-34-25;1-4(6-3-7)5(8)9-2/h9,11-12,16,18-19,22,24,30-31H,6-8,10,13-15H2,1-5H3;3-4H,1-2H3,(H,6,7). The molecule has 12 heteroatoms. The van der Waals surface area contributed by atoms with Crippen molar-refractivity contribution < 1.29 is 24.5 Å². The fourth-order valence-electron chi connectivity index (χ4n) is 5.38. The highest BCUT2D eigenvalue weighted by atomic mass is 32.2. The molecule has 3 aliphatic rings. The van der Waals surface area contributed by atoms with Gasteiger partial charge >= 0.3 is 5.97 Å². The van der Waals surface area contributed by atoms with Crippen molar-refractivity contribution in [3.63, 3.8) is 0 Å². The van der Waals surface area contributed by atoms with Crippen molar-refractivity contribution in [1.29, 1.82) is 0 Å². The number of unbranched alkanes of at least 4 members (excludes halogenated alkanes) is 2. The molecule has 1 aromatic carbocycles. The first kappa shape index (κ1) is 35.7. The molecule has 0 saturated carbocycles. The van der Waals surface area contributed by atoms with Gasteiger partial charge in [0.25, 0.3) is 0 Å². The van der Waals surface area contributed by atoms with Gasteiger partial charge in [-0.25, -0.2) is 4.79 Å². The van der Waals surface area contributed by atoms with Gasteiger partial charge in [0, 0.05) is 28.7 Å². The number of benzene rings is 1. The number of thioether (sulfide) groups is 3. The summed E-state index contributed by atoms with van der Waals surface area (Å²) in [5, 5.41) is 26.6. The molecule has 240 valence electrons. The predicted octanol–water partition coefficient (Wildman–Crippen LogP) is 4.58. The van der Waals surface area contributed by atoms with Gasteiger partial charge in [-0.15, -0.1) is 35.3 Å². The van der Waals surface area contributed by atoms with E-state index < -0.39 is 18.1 Å². The molecule has 0 aromatic heterocycles. The van der Waals surface area contributed by atoms with Crippen LogP contribution < -0.4 is 5.32 Å². The van der Waals surface area contributed by atoms with Crippen molar-refractivity contribution in [3.8, 4) is 5.75 Å². The minimum Gasteiger partial charge on any atom is -0.507 e. The average Bonchev–Trinajstić information content (AvgIpc) is 3.73. The second-order valence-corrected chi connectivity index (χ2v) is 15.0. The van der Waals surface area contributed by atoms with Gasteiger partial charge in [-0.1, -0.05) is 45.7 Å². The van der Waals surface area contributed by atoms with Crippen LogP contribution in [0.25, 0.3) is 0 Å². The molecule has 1 fully saturated rings. The number of ether oxygens (including phenoxy) is 1. The number of aliphatic hydroxyl groups is 1. The number of likely N-dealkylation sites (N-methyl/N-ethyl adjacent to an activating group) is 1. The van der Waals surface area contributed by atoms with Crippen molar-refractivity contribution in [2.45, 2.75) is 95.9 Å². The molecule has 3 N–H and O–H groups in total. The zero-order valence-corrected chi connectivity index (χ0v) is 28.9. The fourth-order valence-corrected chi connectivity index (χ4v) is 9.48. The van der Waals surface area contributed by atoms with E-state index in [9.17, 15) is 19.8 Å². The van der Waals surface area contributed by atoms with Gasteiger partial charge < -0.3 is 20.3 Å². The Bertz CT molecular complexity index is 1160. The number of nitrogens with zero attached hydrogens (tertiary/aromatic N) is 3. The molecule has 1 amide bonds. The van der Waals surface area contributed by atoms with E-state index in [0.29, 0.717) is 18.2 Å². The number of hydrogen-bond donors (Lipinski definition) is 3. The summed E-state index contributed by atoms with van der Waals surface area (Å²) >= 11 is 5.46. The number of hydrogen-bond acceptors (Lipinski definition) is 11. The van der Waals surface area contributed by atoms with Crippen molar-refractivity contribution in [2.24, 2.45) is 15.4 Å². The molecule has 0 aliphatic carbocycles. The Balaban J connectivity index is 0.000000489. The summed E-state index contributed by atoms with van der Waals surface area (Å²) in [6.07, 6.45) is 4.47. The number of aromatic hydroxyl groups is 1. The Morgan fingerprint density at radius 1 is 1.23 bits per heavy atom. The van der Waals surface area contributed by atoms with Gasteiger partial charge in [-0.05, 0) is 45.4 Å². The monoisotopic (exact) mass is 652 g/mol. The highest BCUT2D eigenvalue weighted by Crippen LogP contribution is 2.43. The van der Waals surface area contributed by atoms with Gasteiger partial charge in [0.05, 0.1) is 41.3 Å². The van der Waals surface area contributed by atoms with Gasteiger partial charge in [0.1, 0.15) is 16.8 Å². The summed E-state index contributed by atoms with van der Waals surface area (Å²) in [4.78, 5) is 32.5. The maximum atomic E-state index is 11.4. The van der Waals surface area contributed by atoms with Crippen LogP contribution >= 0.6 is 35.3 Å². The zero-order valence-electron chi connectivity index (χ0n) is 26.4. The SMILES string of the molecule is CCCCCc1cccc(O)c1C1=NC(C2SCC(C(O)C(C)(C)C3=NC(C)CS3)N2C)CS1.COC(=O)C(C)NC=O. The van der Waals surface area contributed by atoms with Crippen molar-refractivity contribution >= 4 is 57.8 Å². The Morgan fingerprint density at radius 2 is 1.98 bits per heavy atom. The van der Waals surface area contributed by atoms with Crippen molar-refractivity contribution in [2.75, 3.05) is 31.4 Å². The number of phenols is 1. The quantitative estimate of drug-likeness (QED) is 0.169. The van der Waals surface area contributed by atoms with E-state index in [0.717, 1.165) is 45.8 Å². The molecule has 43 heavy (non-hydrogen) atoms. The summed E-state index contributed by atoms with van der Waals surface area (Å²) < 4.78 is 4.30. The molecule has 4 rings (SSSR count). The third-order valence-corrected chi connectivity index (χ3v) is 12.3. The van der Waals surface area contributed by atoms with Crippen LogP contribution in [-0.2, 0) is 20.7 Å². The number of nitrogens with one attached hydrogen (secondary N) is 1. The van der Waals surface area contributed by atoms with Crippen LogP contribution in [0, 0.1) is 5.41 Å². The smallest absolute Gasteiger partial charge is 0.328 e. The van der Waals surface area contributed by atoms with Crippen molar-refractivity contribution in [1.82, 2.24) is 10.2 Å². The number of aliphatic hydroxyl groups excluding tert-OH is 1. The van der Waals surface area contributed by atoms with E-state index >= 15 is 0 Å². The molecule has 1 aromatic rings. The number of carbonyl (C=O) groups is 2. The normalized spacial score (nSPS) is 25.3. The zero-order chi connectivity index (χ0) is 31.7. The lowest BCUT2D eigenvalue weighted by atomic mass is 9.83. The second-order valence-electron chi connectivity index (χ2n) is 11.8. The van der Waals surface area contributed by atoms with Crippen LogP contribution in [0.15, 0.2) is 28.2 Å². The van der Waals surface area contributed by atoms with Gasteiger partial charge in [0.15, 0.2) is 0 Å². The number of amides is 1. The number of esters is 1. The lowest BCUT2D eigenvalue weighted by Gasteiger charge is -2.38. The first-order chi connectivity index (χ1) is 20.5. The van der Waals surface area contributed by atoms with Crippen molar-refractivity contribution in [3.05, 3.63) is 29.3 Å². The maximum Gasteiger partial charge on any atom is 0.328 e. The molecule has 6 atom stereocenters. The lowest BCUT2D eigenvalue weighted by molar-refractivity contribution is -0.143. The van der Waals surface area contributed by atoms with Crippen LogP contribution in [0.1, 0.15) is 65.0 Å². The number of rotatable bonds is 12. The third kappa shape index (κ3) is 8.93. The van der Waals surface area contributed by atoms with Gasteiger partial charge in [0.2, 0.25) is 6.41 Å². The minimum atomic E-state index is -0.549. The topological polar surface area (TPSA) is 124 Å². The van der Waals surface area contributed by atoms with Gasteiger partial charge in [-0.3, -0.25) is 19.7 Å². The van der Waals surface area contributed by atoms with E-state index in [4.69, 9.17) is 9.98 Å². The Kier molecular flexibility index (Phi) is 13.8. The number of methoxy groups -OCH3 is 1. The summed E-state index contributed by atoms with van der Waals surface area (Å²) in [5.74, 6) is 2.71. The molecule has 0 radical (unpaired) electrons. The Hall–Kier alpha value is -1.73. The Labute approximate surface area is 269 Å². The van der Waals surface area contributed by atoms with Crippen LogP contribution in [0.5, 0.6) is 5.75 Å². The van der Waals surface area contributed by atoms with Crippen LogP contribution in [0.2, 0.25) is 0 Å². The molecule has 0 spiro atoms. The van der Waals surface area contributed by atoms with Crippen LogP contribution in [-0.4, -0.2) is 105 Å². The fraction of sp³-hybridized carbons (Fsp3) is 0.677. The van der Waals surface area contributed by atoms with E-state index in [1.165, 1.54) is 25.5 Å². The number of phenolic OH excluding ortho intramolecular Hbond substituents is 1. The predicted molar refractivity (Wildman–Crippen MR) is 182 cm³/mol. The highest BCUT2D eigenvalue weighted by Gasteiger charge is 2.47. The molecular weight excluding hydrogens is 605 g/mol. The van der Waals surface area contributed by atoms with Crippen LogP contribution in [0.4, 0.5) is 0 Å². The average molecular weight is 653 g/mol. The number of aryl methyl sites for hydroxylation is 1. The number of aliphatic imine (C=N–C) groups is 2. The van der Waals surface area contributed by atoms with Gasteiger partial charge in [-0.2, -0.15) is 0 Å². The molecule has 3 aliphatic heterocycles. The number of carbonyl (C=O) groups excluding carboxylic acids is 2. The molecule has 1 saturated heterocycles. The molecule has 3 heterocycles. The minimum absolute atomic E-state index is 0.0724. The lowest BCUT2D eigenvalue weighted by Crippen LogP contribution is -2.51. The molecular formula is C31H48N4O5S3. The summed E-state index contributed by atoms with van der Waals surface area (Å²) in [5.41, 5.74) is 1.78. The largest absolute Gasteiger partial charge is 0.507 e. The summed E-state index contributed by atoms with van der Waals surface area (Å²) in [6, 6.07) is 5.87. The summed E-state index contributed by atoms with van der Waals surface area (Å²) in [6.45, 7) is 10.2. The van der Waals surface area contributed by atoms with E-state index in [1.54, 1.807) is 36.5 Å². The van der Waals surface area contributed by atoms with E-state index in [2.05, 4.69) is 55.8 Å². The maximum absolute atomic E-state index is 11.4. The first-order valence-corrected chi connectivity index (χ1v) is 18.0. The first-order valence-electron chi connectivity index (χ1n) is 15.0. The van der Waals surface area contributed by atoms with E-state index in [-0.39, 0.29) is 22.9 Å². The molecule has 6 unspecified atom stereocenters.